The molecule has 0 atom stereocenters. The lowest BCUT2D eigenvalue weighted by molar-refractivity contribution is -0.385. The summed E-state index contributed by atoms with van der Waals surface area (Å²) in [5.74, 6) is 0.457. The highest BCUT2D eigenvalue weighted by molar-refractivity contribution is 9.10. The fraction of sp³-hybridized carbons (Fsp3) is 0.0833. The van der Waals surface area contributed by atoms with Crippen LogP contribution in [0.5, 0.6) is 0 Å². The van der Waals surface area contributed by atoms with Gasteiger partial charge < -0.3 is 5.32 Å². The van der Waals surface area contributed by atoms with Crippen molar-refractivity contribution in [2.24, 2.45) is 0 Å². The fourth-order valence-electron chi connectivity index (χ4n) is 1.58. The zero-order chi connectivity index (χ0) is 15.4. The second-order valence-electron chi connectivity index (χ2n) is 4.06. The van der Waals surface area contributed by atoms with Gasteiger partial charge in [-0.05, 0) is 21.5 Å². The SMILES string of the molecule is O=[N+]([O-])c1ccc(CNc2ncc([N+](=O)[O-])cc2Br)cc1. The lowest BCUT2D eigenvalue weighted by Crippen LogP contribution is -2.03. The number of rotatable bonds is 5. The maximum atomic E-state index is 10.6. The Morgan fingerprint density at radius 2 is 1.71 bits per heavy atom. The van der Waals surface area contributed by atoms with Gasteiger partial charge in [0.1, 0.15) is 12.0 Å². The lowest BCUT2D eigenvalue weighted by atomic mass is 10.2. The summed E-state index contributed by atoms with van der Waals surface area (Å²) in [4.78, 5) is 24.1. The highest BCUT2D eigenvalue weighted by Gasteiger charge is 2.10. The molecule has 0 saturated carbocycles. The predicted molar refractivity (Wildman–Crippen MR) is 79.0 cm³/mol. The van der Waals surface area contributed by atoms with E-state index in [1.165, 1.54) is 18.2 Å². The summed E-state index contributed by atoms with van der Waals surface area (Å²) >= 11 is 3.20. The van der Waals surface area contributed by atoms with E-state index in [1.54, 1.807) is 12.1 Å². The van der Waals surface area contributed by atoms with E-state index in [-0.39, 0.29) is 11.4 Å². The Bertz CT molecular complexity index is 690. The number of nitrogens with one attached hydrogen (secondary N) is 1. The van der Waals surface area contributed by atoms with Crippen molar-refractivity contribution in [2.45, 2.75) is 6.54 Å². The van der Waals surface area contributed by atoms with Crippen LogP contribution in [0, 0.1) is 20.2 Å². The van der Waals surface area contributed by atoms with Gasteiger partial charge in [-0.25, -0.2) is 4.98 Å². The maximum Gasteiger partial charge on any atom is 0.288 e. The number of nitrogens with zero attached hydrogens (tertiary/aromatic N) is 3. The number of hydrogen-bond donors (Lipinski definition) is 1. The maximum absolute atomic E-state index is 10.6. The van der Waals surface area contributed by atoms with Crippen LogP contribution in [0.1, 0.15) is 5.56 Å². The number of pyridine rings is 1. The van der Waals surface area contributed by atoms with Crippen LogP contribution in [0.2, 0.25) is 0 Å². The monoisotopic (exact) mass is 352 g/mol. The Kier molecular flexibility index (Phi) is 4.43. The molecule has 0 aliphatic carbocycles. The molecule has 1 N–H and O–H groups in total. The average molecular weight is 353 g/mol. The number of benzene rings is 1. The first-order valence-electron chi connectivity index (χ1n) is 5.74. The van der Waals surface area contributed by atoms with Crippen LogP contribution < -0.4 is 5.32 Å². The van der Waals surface area contributed by atoms with E-state index in [2.05, 4.69) is 26.2 Å². The van der Waals surface area contributed by atoms with Crippen molar-refractivity contribution in [1.29, 1.82) is 0 Å². The van der Waals surface area contributed by atoms with E-state index in [0.29, 0.717) is 16.8 Å². The lowest BCUT2D eigenvalue weighted by Gasteiger charge is -2.07. The molecule has 2 aromatic rings. The third-order valence-electron chi connectivity index (χ3n) is 2.64. The largest absolute Gasteiger partial charge is 0.365 e. The topological polar surface area (TPSA) is 111 Å². The summed E-state index contributed by atoms with van der Waals surface area (Å²) in [5.41, 5.74) is 0.740. The number of nitro groups is 2. The molecule has 21 heavy (non-hydrogen) atoms. The molecule has 0 radical (unpaired) electrons. The van der Waals surface area contributed by atoms with E-state index in [9.17, 15) is 20.2 Å². The van der Waals surface area contributed by atoms with E-state index in [1.807, 2.05) is 0 Å². The molecule has 1 aromatic carbocycles. The molecule has 9 heteroatoms. The minimum Gasteiger partial charge on any atom is -0.365 e. The van der Waals surface area contributed by atoms with Crippen molar-refractivity contribution >= 4 is 33.1 Å². The smallest absolute Gasteiger partial charge is 0.288 e. The predicted octanol–water partition coefficient (Wildman–Crippen LogP) is 3.27. The first-order valence-corrected chi connectivity index (χ1v) is 6.54. The van der Waals surface area contributed by atoms with Crippen molar-refractivity contribution in [3.8, 4) is 0 Å². The molecule has 0 unspecified atom stereocenters. The molecule has 0 aliphatic rings. The van der Waals surface area contributed by atoms with Gasteiger partial charge in [0.2, 0.25) is 0 Å². The van der Waals surface area contributed by atoms with Crippen LogP contribution in [-0.2, 0) is 6.54 Å². The van der Waals surface area contributed by atoms with Crippen molar-refractivity contribution in [3.05, 3.63) is 66.8 Å². The van der Waals surface area contributed by atoms with E-state index < -0.39 is 9.85 Å². The van der Waals surface area contributed by atoms with E-state index >= 15 is 0 Å². The number of anilines is 1. The number of halogens is 1. The first-order chi connectivity index (χ1) is 9.97. The molecule has 0 saturated heterocycles. The third kappa shape index (κ3) is 3.72. The third-order valence-corrected chi connectivity index (χ3v) is 3.25. The van der Waals surface area contributed by atoms with Crippen LogP contribution in [0.25, 0.3) is 0 Å². The number of hydrogen-bond acceptors (Lipinski definition) is 6. The van der Waals surface area contributed by atoms with Gasteiger partial charge in [0, 0.05) is 24.7 Å². The Hall–Kier alpha value is -2.55. The minimum atomic E-state index is -0.530. The molecule has 0 spiro atoms. The normalized spacial score (nSPS) is 10.1. The summed E-state index contributed by atoms with van der Waals surface area (Å²) in [6.07, 6.45) is 1.16. The number of aromatic nitrogens is 1. The Morgan fingerprint density at radius 3 is 2.24 bits per heavy atom. The van der Waals surface area contributed by atoms with Gasteiger partial charge in [-0.2, -0.15) is 0 Å². The van der Waals surface area contributed by atoms with Gasteiger partial charge in [0.05, 0.1) is 14.3 Å². The Labute approximate surface area is 127 Å². The van der Waals surface area contributed by atoms with Crippen LogP contribution in [-0.4, -0.2) is 14.8 Å². The van der Waals surface area contributed by atoms with Crippen LogP contribution in [0.4, 0.5) is 17.2 Å². The van der Waals surface area contributed by atoms with Crippen molar-refractivity contribution in [1.82, 2.24) is 4.98 Å². The van der Waals surface area contributed by atoms with Crippen molar-refractivity contribution < 1.29 is 9.85 Å². The molecular formula is C12H9BrN4O4. The quantitative estimate of drug-likeness (QED) is 0.652. The molecule has 8 nitrogen and oxygen atoms in total. The molecule has 0 fully saturated rings. The molecule has 0 amide bonds. The van der Waals surface area contributed by atoms with Gasteiger partial charge in [-0.3, -0.25) is 20.2 Å². The summed E-state index contributed by atoms with van der Waals surface area (Å²) in [5, 5.41) is 24.1. The standard InChI is InChI=1S/C12H9BrN4O4/c13-11-5-10(17(20)21)7-15-12(11)14-6-8-1-3-9(4-2-8)16(18)19/h1-5,7H,6H2,(H,14,15). The molecule has 2 rings (SSSR count). The zero-order valence-corrected chi connectivity index (χ0v) is 12.1. The van der Waals surface area contributed by atoms with Gasteiger partial charge in [-0.1, -0.05) is 12.1 Å². The Morgan fingerprint density at radius 1 is 1.10 bits per heavy atom. The molecule has 108 valence electrons. The molecule has 0 aliphatic heterocycles. The van der Waals surface area contributed by atoms with E-state index in [0.717, 1.165) is 11.8 Å². The molecular weight excluding hydrogens is 344 g/mol. The summed E-state index contributed by atoms with van der Waals surface area (Å²) < 4.78 is 0.471. The molecule has 0 bridgehead atoms. The van der Waals surface area contributed by atoms with Crippen molar-refractivity contribution in [2.75, 3.05) is 5.32 Å². The second-order valence-corrected chi connectivity index (χ2v) is 4.91. The zero-order valence-electron chi connectivity index (χ0n) is 10.5. The highest BCUT2D eigenvalue weighted by atomic mass is 79.9. The van der Waals surface area contributed by atoms with Gasteiger partial charge >= 0.3 is 0 Å². The Balaban J connectivity index is 2.06. The van der Waals surface area contributed by atoms with Gasteiger partial charge in [0.25, 0.3) is 11.4 Å². The van der Waals surface area contributed by atoms with Crippen LogP contribution >= 0.6 is 15.9 Å². The van der Waals surface area contributed by atoms with Crippen LogP contribution in [0.3, 0.4) is 0 Å². The summed E-state index contributed by atoms with van der Waals surface area (Å²) in [6, 6.07) is 7.44. The number of non-ortho nitro benzene ring substituents is 1. The molecule has 1 aromatic heterocycles. The average Bonchev–Trinajstić information content (AvgIpc) is 2.46. The van der Waals surface area contributed by atoms with Crippen LogP contribution in [0.15, 0.2) is 41.0 Å². The highest BCUT2D eigenvalue weighted by Crippen LogP contribution is 2.25. The van der Waals surface area contributed by atoms with Gasteiger partial charge in [0.15, 0.2) is 0 Å². The van der Waals surface area contributed by atoms with Crippen molar-refractivity contribution in [3.63, 3.8) is 0 Å². The summed E-state index contributed by atoms with van der Waals surface area (Å²) in [7, 11) is 0. The first kappa shape index (κ1) is 14.9. The summed E-state index contributed by atoms with van der Waals surface area (Å²) in [6.45, 7) is 0.390. The molecule has 1 heterocycles. The minimum absolute atomic E-state index is 0.0217. The van der Waals surface area contributed by atoms with Gasteiger partial charge in [-0.15, -0.1) is 0 Å². The van der Waals surface area contributed by atoms with E-state index in [4.69, 9.17) is 0 Å². The number of nitro benzene ring substituents is 1. The second kappa shape index (κ2) is 6.27. The fourth-order valence-corrected chi connectivity index (χ4v) is 2.06.